The lowest BCUT2D eigenvalue weighted by Crippen LogP contribution is -2.43. The average molecular weight is 360 g/mol. The fourth-order valence-corrected chi connectivity index (χ4v) is 4.00. The van der Waals surface area contributed by atoms with E-state index in [-0.39, 0.29) is 12.0 Å². The van der Waals surface area contributed by atoms with Crippen LogP contribution in [0.2, 0.25) is 5.02 Å². The third-order valence-electron chi connectivity index (χ3n) is 5.13. The van der Waals surface area contributed by atoms with Crippen molar-refractivity contribution in [2.45, 2.75) is 19.1 Å². The molecule has 0 spiro atoms. The number of aromatic nitrogens is 1. The smallest absolute Gasteiger partial charge is 0.270 e. The van der Waals surface area contributed by atoms with Crippen LogP contribution < -0.4 is 5.32 Å². The number of nitrogens with one attached hydrogen (secondary N) is 1. The van der Waals surface area contributed by atoms with Crippen molar-refractivity contribution in [2.24, 2.45) is 7.05 Å². The Morgan fingerprint density at radius 2 is 2.20 bits per heavy atom. The van der Waals surface area contributed by atoms with Crippen LogP contribution in [0.1, 0.15) is 33.4 Å². The van der Waals surface area contributed by atoms with E-state index in [1.807, 2.05) is 42.3 Å². The highest BCUT2D eigenvalue weighted by Gasteiger charge is 2.29. The number of carbonyl (C=O) groups is 1. The fraction of sp³-hybridized carbons (Fsp3) is 0.421. The van der Waals surface area contributed by atoms with E-state index in [1.54, 1.807) is 0 Å². The van der Waals surface area contributed by atoms with Crippen LogP contribution in [-0.4, -0.2) is 41.6 Å². The summed E-state index contributed by atoms with van der Waals surface area (Å²) in [5.41, 5.74) is 4.19. The van der Waals surface area contributed by atoms with E-state index in [0.29, 0.717) is 24.7 Å². The first-order chi connectivity index (χ1) is 12.1. The minimum Gasteiger partial charge on any atom is -0.370 e. The van der Waals surface area contributed by atoms with Gasteiger partial charge in [0, 0.05) is 49.4 Å². The Bertz CT molecular complexity index is 802. The summed E-state index contributed by atoms with van der Waals surface area (Å²) in [6.45, 7) is 3.45. The van der Waals surface area contributed by atoms with Gasteiger partial charge in [-0.2, -0.15) is 0 Å². The van der Waals surface area contributed by atoms with Crippen LogP contribution in [-0.2, 0) is 24.8 Å². The Labute approximate surface area is 152 Å². The first kappa shape index (κ1) is 16.6. The molecule has 1 amide bonds. The molecular weight excluding hydrogens is 338 g/mol. The number of amides is 1. The van der Waals surface area contributed by atoms with Gasteiger partial charge in [0.05, 0.1) is 13.2 Å². The van der Waals surface area contributed by atoms with Crippen LogP contribution in [0.25, 0.3) is 0 Å². The molecule has 1 aromatic carbocycles. The molecule has 1 unspecified atom stereocenters. The molecular formula is C19H22ClN3O2. The molecule has 1 fully saturated rings. The first-order valence-corrected chi connectivity index (χ1v) is 9.06. The molecule has 4 rings (SSSR count). The highest BCUT2D eigenvalue weighted by molar-refractivity contribution is 6.31. The summed E-state index contributed by atoms with van der Waals surface area (Å²) in [6.07, 6.45) is 0.785. The monoisotopic (exact) mass is 359 g/mol. The Kier molecular flexibility index (Phi) is 4.54. The highest BCUT2D eigenvalue weighted by atomic mass is 35.5. The number of carbonyl (C=O) groups excluding carboxylic acids is 1. The van der Waals surface area contributed by atoms with Crippen molar-refractivity contribution >= 4 is 17.5 Å². The first-order valence-electron chi connectivity index (χ1n) is 8.68. The molecule has 5 nitrogen and oxygen atoms in total. The minimum atomic E-state index is -0.178. The van der Waals surface area contributed by atoms with Gasteiger partial charge in [0.25, 0.3) is 5.91 Å². The van der Waals surface area contributed by atoms with Crippen LogP contribution in [0, 0.1) is 0 Å². The maximum Gasteiger partial charge on any atom is 0.270 e. The lowest BCUT2D eigenvalue weighted by molar-refractivity contribution is -0.0230. The predicted octanol–water partition coefficient (Wildman–Crippen LogP) is 2.54. The molecule has 1 atom stereocenters. The highest BCUT2D eigenvalue weighted by Crippen LogP contribution is 2.29. The van der Waals surface area contributed by atoms with E-state index in [1.165, 1.54) is 11.3 Å². The van der Waals surface area contributed by atoms with Gasteiger partial charge in [-0.05, 0) is 17.7 Å². The molecule has 1 aromatic heterocycles. The van der Waals surface area contributed by atoms with E-state index < -0.39 is 0 Å². The van der Waals surface area contributed by atoms with Gasteiger partial charge >= 0.3 is 0 Å². The van der Waals surface area contributed by atoms with Gasteiger partial charge in [-0.25, -0.2) is 0 Å². The van der Waals surface area contributed by atoms with Gasteiger partial charge in [-0.1, -0.05) is 29.8 Å². The summed E-state index contributed by atoms with van der Waals surface area (Å²) < 4.78 is 7.93. The Balaban J connectivity index is 1.56. The van der Waals surface area contributed by atoms with Crippen LogP contribution >= 0.6 is 11.6 Å². The zero-order valence-corrected chi connectivity index (χ0v) is 15.1. The van der Waals surface area contributed by atoms with E-state index in [2.05, 4.69) is 9.88 Å². The maximum absolute atomic E-state index is 13.1. The quantitative estimate of drug-likeness (QED) is 0.896. The second-order valence-electron chi connectivity index (χ2n) is 6.62. The van der Waals surface area contributed by atoms with Crippen molar-refractivity contribution < 1.29 is 9.53 Å². The number of hydrogen-bond donors (Lipinski definition) is 1. The molecule has 0 aliphatic carbocycles. The normalized spacial score (nSPS) is 20.4. The van der Waals surface area contributed by atoms with Crippen molar-refractivity contribution in [3.8, 4) is 0 Å². The van der Waals surface area contributed by atoms with Crippen molar-refractivity contribution in [2.75, 3.05) is 26.2 Å². The van der Waals surface area contributed by atoms with Crippen molar-refractivity contribution in [3.63, 3.8) is 0 Å². The van der Waals surface area contributed by atoms with E-state index in [4.69, 9.17) is 16.3 Å². The molecule has 1 saturated heterocycles. The van der Waals surface area contributed by atoms with Gasteiger partial charge in [0.15, 0.2) is 0 Å². The largest absolute Gasteiger partial charge is 0.370 e. The maximum atomic E-state index is 13.1. The van der Waals surface area contributed by atoms with Crippen LogP contribution in [0.3, 0.4) is 0 Å². The zero-order valence-electron chi connectivity index (χ0n) is 14.3. The predicted molar refractivity (Wildman–Crippen MR) is 96.9 cm³/mol. The third-order valence-corrected chi connectivity index (χ3v) is 5.47. The van der Waals surface area contributed by atoms with Gasteiger partial charge in [-0.15, -0.1) is 0 Å². The van der Waals surface area contributed by atoms with Crippen LogP contribution in [0.4, 0.5) is 0 Å². The van der Waals surface area contributed by atoms with Gasteiger partial charge < -0.3 is 19.5 Å². The zero-order chi connectivity index (χ0) is 17.4. The molecule has 25 heavy (non-hydrogen) atoms. The molecule has 0 radical (unpaired) electrons. The van der Waals surface area contributed by atoms with Crippen molar-refractivity contribution in [1.29, 1.82) is 0 Å². The number of nitrogens with zero attached hydrogens (tertiary/aromatic N) is 2. The standard InChI is InChI=1S/C19H22ClN3O2/c1-22-16-6-7-21-11-13(16)10-17(22)19(24)23-8-9-25-18(12-23)14-4-2-3-5-15(14)20/h2-5,10,18,21H,6-9,11-12H2,1H3. The molecule has 0 bridgehead atoms. The summed E-state index contributed by atoms with van der Waals surface area (Å²) >= 11 is 6.30. The van der Waals surface area contributed by atoms with E-state index >= 15 is 0 Å². The average Bonchev–Trinajstić information content (AvgIpc) is 2.99. The Morgan fingerprint density at radius 3 is 3.00 bits per heavy atom. The molecule has 2 aliphatic rings. The molecule has 0 saturated carbocycles. The van der Waals surface area contributed by atoms with Gasteiger partial charge in [0.2, 0.25) is 0 Å². The lowest BCUT2D eigenvalue weighted by atomic mass is 10.1. The number of hydrogen-bond acceptors (Lipinski definition) is 3. The SMILES string of the molecule is Cn1c(C(=O)N2CCOC(c3ccccc3Cl)C2)cc2c1CCNC2. The van der Waals surface area contributed by atoms with Crippen LogP contribution in [0.15, 0.2) is 30.3 Å². The number of ether oxygens (including phenoxy) is 1. The second kappa shape index (κ2) is 6.83. The summed E-state index contributed by atoms with van der Waals surface area (Å²) in [4.78, 5) is 15.0. The number of morpholine rings is 1. The fourth-order valence-electron chi connectivity index (χ4n) is 3.74. The van der Waals surface area contributed by atoms with Gasteiger partial charge in [-0.3, -0.25) is 4.79 Å². The lowest BCUT2D eigenvalue weighted by Gasteiger charge is -2.33. The van der Waals surface area contributed by atoms with Crippen molar-refractivity contribution in [1.82, 2.24) is 14.8 Å². The second-order valence-corrected chi connectivity index (χ2v) is 7.03. The molecule has 132 valence electrons. The summed E-state index contributed by atoms with van der Waals surface area (Å²) in [7, 11) is 1.99. The Hall–Kier alpha value is -1.82. The summed E-state index contributed by atoms with van der Waals surface area (Å²) in [6, 6.07) is 9.71. The molecule has 2 aromatic rings. The number of benzene rings is 1. The molecule has 6 heteroatoms. The van der Waals surface area contributed by atoms with E-state index in [0.717, 1.165) is 30.8 Å². The molecule has 3 heterocycles. The van der Waals surface area contributed by atoms with Crippen LogP contribution in [0.5, 0.6) is 0 Å². The van der Waals surface area contributed by atoms with Gasteiger partial charge in [0.1, 0.15) is 11.8 Å². The summed E-state index contributed by atoms with van der Waals surface area (Å²) in [5, 5.41) is 4.04. The Morgan fingerprint density at radius 1 is 1.36 bits per heavy atom. The number of rotatable bonds is 2. The minimum absolute atomic E-state index is 0.0669. The van der Waals surface area contributed by atoms with E-state index in [9.17, 15) is 4.79 Å². The number of fused-ring (bicyclic) bond motifs is 1. The summed E-state index contributed by atoms with van der Waals surface area (Å²) in [5.74, 6) is 0.0669. The third kappa shape index (κ3) is 3.08. The topological polar surface area (TPSA) is 46.5 Å². The number of halogens is 1. The molecule has 1 N–H and O–H groups in total. The van der Waals surface area contributed by atoms with Crippen molar-refractivity contribution in [3.05, 3.63) is 57.9 Å². The molecule has 2 aliphatic heterocycles.